The topological polar surface area (TPSA) is 61.4 Å². The Labute approximate surface area is 143 Å². The molecule has 0 saturated heterocycles. The molecule has 0 unspecified atom stereocenters. The first kappa shape index (κ1) is 19.1. The monoisotopic (exact) mass is 335 g/mol. The molecule has 126 valence electrons. The quantitative estimate of drug-likeness (QED) is 0.593. The number of hydrogen-bond acceptors (Lipinski definition) is 3. The molecule has 0 saturated carbocycles. The summed E-state index contributed by atoms with van der Waals surface area (Å²) < 4.78 is 0. The van der Waals surface area contributed by atoms with Crippen molar-refractivity contribution in [3.63, 3.8) is 0 Å². The zero-order chi connectivity index (χ0) is 17.2. The van der Waals surface area contributed by atoms with Crippen molar-refractivity contribution in [3.05, 3.63) is 29.8 Å². The largest absolute Gasteiger partial charge is 0.345 e. The van der Waals surface area contributed by atoms with E-state index in [9.17, 15) is 9.59 Å². The molecule has 0 bridgehead atoms. The van der Waals surface area contributed by atoms with Gasteiger partial charge in [0, 0.05) is 20.5 Å². The van der Waals surface area contributed by atoms with Crippen molar-refractivity contribution in [2.24, 2.45) is 0 Å². The van der Waals surface area contributed by atoms with Crippen LogP contribution < -0.4 is 10.6 Å². The van der Waals surface area contributed by atoms with Gasteiger partial charge in [-0.2, -0.15) is 0 Å². The second-order valence-corrected chi connectivity index (χ2v) is 5.97. The van der Waals surface area contributed by atoms with Crippen molar-refractivity contribution in [2.75, 3.05) is 19.4 Å². The SMILES string of the molecule is CCCCCCC(=O)NC(=S)Nc1ccccc1C(=O)N(C)C. The molecule has 0 spiro atoms. The van der Waals surface area contributed by atoms with E-state index in [2.05, 4.69) is 17.6 Å². The fourth-order valence-electron chi connectivity index (χ4n) is 2.07. The smallest absolute Gasteiger partial charge is 0.255 e. The number of unbranched alkanes of at least 4 members (excludes halogenated alkanes) is 3. The lowest BCUT2D eigenvalue weighted by molar-refractivity contribution is -0.119. The lowest BCUT2D eigenvalue weighted by Gasteiger charge is -2.16. The summed E-state index contributed by atoms with van der Waals surface area (Å²) in [6, 6.07) is 7.08. The van der Waals surface area contributed by atoms with Crippen LogP contribution in [0.2, 0.25) is 0 Å². The molecule has 2 N–H and O–H groups in total. The van der Waals surface area contributed by atoms with E-state index in [-0.39, 0.29) is 16.9 Å². The van der Waals surface area contributed by atoms with Crippen molar-refractivity contribution in [1.29, 1.82) is 0 Å². The molecule has 2 amide bonds. The van der Waals surface area contributed by atoms with Crippen molar-refractivity contribution in [3.8, 4) is 0 Å². The molecule has 5 nitrogen and oxygen atoms in total. The molecule has 1 rings (SSSR count). The molecule has 23 heavy (non-hydrogen) atoms. The molecule has 0 heterocycles. The first-order valence-electron chi connectivity index (χ1n) is 7.87. The van der Waals surface area contributed by atoms with Crippen molar-refractivity contribution in [2.45, 2.75) is 39.0 Å². The molecule has 0 fully saturated rings. The van der Waals surface area contributed by atoms with Crippen LogP contribution in [0, 0.1) is 0 Å². The molecule has 0 aliphatic rings. The van der Waals surface area contributed by atoms with Crippen molar-refractivity contribution in [1.82, 2.24) is 10.2 Å². The zero-order valence-electron chi connectivity index (χ0n) is 14.0. The van der Waals surface area contributed by atoms with Gasteiger partial charge in [-0.05, 0) is 30.8 Å². The van der Waals surface area contributed by atoms with Gasteiger partial charge >= 0.3 is 0 Å². The van der Waals surface area contributed by atoms with Gasteiger partial charge < -0.3 is 15.5 Å². The van der Waals surface area contributed by atoms with Crippen molar-refractivity contribution < 1.29 is 9.59 Å². The fraction of sp³-hybridized carbons (Fsp3) is 0.471. The van der Waals surface area contributed by atoms with E-state index in [0.717, 1.165) is 25.7 Å². The summed E-state index contributed by atoms with van der Waals surface area (Å²) in [5, 5.41) is 5.80. The number of benzene rings is 1. The van der Waals surface area contributed by atoms with E-state index in [4.69, 9.17) is 12.2 Å². The summed E-state index contributed by atoms with van der Waals surface area (Å²) in [6.07, 6.45) is 4.64. The number of hydrogen-bond donors (Lipinski definition) is 2. The number of carbonyl (C=O) groups excluding carboxylic acids is 2. The first-order valence-corrected chi connectivity index (χ1v) is 8.28. The van der Waals surface area contributed by atoms with Crippen molar-refractivity contribution >= 4 is 34.8 Å². The summed E-state index contributed by atoms with van der Waals surface area (Å²) in [7, 11) is 3.38. The Kier molecular flexibility index (Phi) is 8.26. The van der Waals surface area contributed by atoms with Crippen LogP contribution in [-0.4, -0.2) is 35.9 Å². The molecule has 1 aromatic carbocycles. The maximum atomic E-state index is 12.1. The number of para-hydroxylation sites is 1. The van der Waals surface area contributed by atoms with Crippen LogP contribution >= 0.6 is 12.2 Å². The molecule has 1 aromatic rings. The second kappa shape index (κ2) is 9.94. The number of nitrogens with one attached hydrogen (secondary N) is 2. The van der Waals surface area contributed by atoms with Crippen LogP contribution in [0.3, 0.4) is 0 Å². The van der Waals surface area contributed by atoms with Crippen LogP contribution in [0.15, 0.2) is 24.3 Å². The normalized spacial score (nSPS) is 10.0. The Hall–Kier alpha value is -1.95. The number of carbonyl (C=O) groups is 2. The minimum Gasteiger partial charge on any atom is -0.345 e. The second-order valence-electron chi connectivity index (χ2n) is 5.56. The average molecular weight is 335 g/mol. The summed E-state index contributed by atoms with van der Waals surface area (Å²) in [5.41, 5.74) is 1.10. The van der Waals surface area contributed by atoms with E-state index in [1.54, 1.807) is 32.3 Å². The molecule has 0 aliphatic carbocycles. The number of rotatable bonds is 7. The lowest BCUT2D eigenvalue weighted by Crippen LogP contribution is -2.34. The van der Waals surface area contributed by atoms with Crippen LogP contribution in [0.25, 0.3) is 0 Å². The highest BCUT2D eigenvalue weighted by atomic mass is 32.1. The minimum absolute atomic E-state index is 0.102. The summed E-state index contributed by atoms with van der Waals surface area (Å²) in [6.45, 7) is 2.13. The van der Waals surface area contributed by atoms with Crippen LogP contribution in [0.4, 0.5) is 5.69 Å². The van der Waals surface area contributed by atoms with Gasteiger partial charge in [0.1, 0.15) is 0 Å². The van der Waals surface area contributed by atoms with Crippen LogP contribution in [0.5, 0.6) is 0 Å². The minimum atomic E-state index is -0.123. The van der Waals surface area contributed by atoms with Gasteiger partial charge in [-0.25, -0.2) is 0 Å². The van der Waals surface area contributed by atoms with Crippen LogP contribution in [-0.2, 0) is 4.79 Å². The Morgan fingerprint density at radius 3 is 2.48 bits per heavy atom. The highest BCUT2D eigenvalue weighted by Gasteiger charge is 2.14. The molecule has 0 aromatic heterocycles. The van der Waals surface area contributed by atoms with Gasteiger partial charge in [-0.15, -0.1) is 0 Å². The lowest BCUT2D eigenvalue weighted by atomic mass is 10.1. The molecule has 6 heteroatoms. The highest BCUT2D eigenvalue weighted by molar-refractivity contribution is 7.80. The van der Waals surface area contributed by atoms with Gasteiger partial charge in [-0.1, -0.05) is 38.3 Å². The van der Waals surface area contributed by atoms with E-state index in [0.29, 0.717) is 17.7 Å². The summed E-state index contributed by atoms with van der Waals surface area (Å²) in [5.74, 6) is -0.225. The number of nitrogens with zero attached hydrogens (tertiary/aromatic N) is 1. The molecule has 0 radical (unpaired) electrons. The summed E-state index contributed by atoms with van der Waals surface area (Å²) in [4.78, 5) is 25.4. The van der Waals surface area contributed by atoms with Gasteiger partial charge in [0.2, 0.25) is 5.91 Å². The number of amides is 2. The Bertz CT molecular complexity index is 559. The molecular weight excluding hydrogens is 310 g/mol. The standard InChI is InChI=1S/C17H25N3O2S/c1-4-5-6-7-12-15(21)19-17(23)18-14-11-9-8-10-13(14)16(22)20(2)3/h8-11H,4-7,12H2,1-3H3,(H2,18,19,21,23). The first-order chi connectivity index (χ1) is 11.0. The maximum Gasteiger partial charge on any atom is 0.255 e. The van der Waals surface area contributed by atoms with E-state index in [1.807, 2.05) is 6.07 Å². The molecular formula is C17H25N3O2S. The Morgan fingerprint density at radius 1 is 1.13 bits per heavy atom. The predicted octanol–water partition coefficient (Wildman–Crippen LogP) is 3.17. The van der Waals surface area contributed by atoms with E-state index in [1.165, 1.54) is 4.90 Å². The maximum absolute atomic E-state index is 12.1. The number of thiocarbonyl (C=S) groups is 1. The molecule has 0 aliphatic heterocycles. The van der Waals surface area contributed by atoms with Gasteiger partial charge in [0.15, 0.2) is 5.11 Å². The third-order valence-electron chi connectivity index (χ3n) is 3.32. The van der Waals surface area contributed by atoms with E-state index >= 15 is 0 Å². The fourth-order valence-corrected chi connectivity index (χ4v) is 2.30. The van der Waals surface area contributed by atoms with Gasteiger partial charge in [0.05, 0.1) is 11.3 Å². The van der Waals surface area contributed by atoms with Gasteiger partial charge in [-0.3, -0.25) is 9.59 Å². The Morgan fingerprint density at radius 2 is 1.83 bits per heavy atom. The zero-order valence-corrected chi connectivity index (χ0v) is 14.8. The average Bonchev–Trinajstić information content (AvgIpc) is 2.51. The van der Waals surface area contributed by atoms with E-state index < -0.39 is 0 Å². The number of anilines is 1. The third kappa shape index (κ3) is 6.78. The van der Waals surface area contributed by atoms with Gasteiger partial charge in [0.25, 0.3) is 5.91 Å². The highest BCUT2D eigenvalue weighted by Crippen LogP contribution is 2.16. The third-order valence-corrected chi connectivity index (χ3v) is 3.53. The molecule has 0 atom stereocenters. The predicted molar refractivity (Wildman–Crippen MR) is 97.6 cm³/mol. The summed E-state index contributed by atoms with van der Waals surface area (Å²) >= 11 is 5.16. The van der Waals surface area contributed by atoms with Crippen LogP contribution in [0.1, 0.15) is 49.4 Å². The Balaban J connectivity index is 2.58.